The molecule has 2 aromatic rings. The van der Waals surface area contributed by atoms with Gasteiger partial charge < -0.3 is 10.0 Å². The van der Waals surface area contributed by atoms with E-state index in [4.69, 9.17) is 5.11 Å². The third kappa shape index (κ3) is 3.33. The van der Waals surface area contributed by atoms with E-state index in [0.29, 0.717) is 12.1 Å². The van der Waals surface area contributed by atoms with Crippen LogP contribution in [-0.2, 0) is 24.4 Å². The topological polar surface area (TPSA) is 93.3 Å². The summed E-state index contributed by atoms with van der Waals surface area (Å²) in [5.41, 5.74) is 2.38. The number of hydrogen-bond donors (Lipinski definition) is 1. The van der Waals surface area contributed by atoms with Gasteiger partial charge in [-0.2, -0.15) is 10.2 Å². The van der Waals surface area contributed by atoms with Crippen LogP contribution < -0.4 is 0 Å². The molecule has 2 rings (SSSR count). The van der Waals surface area contributed by atoms with Gasteiger partial charge in [-0.3, -0.25) is 19.0 Å². The average molecular weight is 305 g/mol. The third-order valence-corrected chi connectivity index (χ3v) is 3.44. The molecule has 2 aromatic heterocycles. The van der Waals surface area contributed by atoms with E-state index in [1.54, 1.807) is 18.1 Å². The maximum Gasteiger partial charge on any atom is 0.325 e. The SMILES string of the molecule is CCn1ncc(CN(C)C(=O)c2cnn(CC(=O)O)c2)c1C. The van der Waals surface area contributed by atoms with Crippen molar-refractivity contribution in [2.75, 3.05) is 7.05 Å². The number of carboxylic acid groups (broad SMARTS) is 1. The summed E-state index contributed by atoms with van der Waals surface area (Å²) in [6, 6.07) is 0. The minimum atomic E-state index is -1.00. The first-order valence-electron chi connectivity index (χ1n) is 6.93. The molecule has 0 fully saturated rings. The molecule has 0 aliphatic carbocycles. The second-order valence-electron chi connectivity index (χ2n) is 5.05. The molecule has 0 spiro atoms. The second kappa shape index (κ2) is 6.42. The number of carbonyl (C=O) groups is 2. The Labute approximate surface area is 127 Å². The zero-order valence-corrected chi connectivity index (χ0v) is 12.9. The van der Waals surface area contributed by atoms with Gasteiger partial charge in [-0.1, -0.05) is 0 Å². The van der Waals surface area contributed by atoms with Crippen molar-refractivity contribution in [3.8, 4) is 0 Å². The zero-order valence-electron chi connectivity index (χ0n) is 12.9. The monoisotopic (exact) mass is 305 g/mol. The molecule has 1 N–H and O–H groups in total. The molecule has 118 valence electrons. The summed E-state index contributed by atoms with van der Waals surface area (Å²) in [6.07, 6.45) is 4.58. The number of aliphatic carboxylic acids is 1. The highest BCUT2D eigenvalue weighted by molar-refractivity contribution is 5.93. The summed E-state index contributed by atoms with van der Waals surface area (Å²) in [4.78, 5) is 24.5. The molecule has 0 atom stereocenters. The normalized spacial score (nSPS) is 10.7. The van der Waals surface area contributed by atoms with E-state index in [2.05, 4.69) is 10.2 Å². The molecule has 22 heavy (non-hydrogen) atoms. The van der Waals surface area contributed by atoms with Gasteiger partial charge in [0.25, 0.3) is 5.91 Å². The maximum atomic E-state index is 12.3. The molecule has 0 saturated carbocycles. The van der Waals surface area contributed by atoms with Gasteiger partial charge in [0.1, 0.15) is 6.54 Å². The van der Waals surface area contributed by atoms with Crippen molar-refractivity contribution in [2.24, 2.45) is 0 Å². The quantitative estimate of drug-likeness (QED) is 0.850. The molecule has 0 bridgehead atoms. The summed E-state index contributed by atoms with van der Waals surface area (Å²) < 4.78 is 3.10. The number of amides is 1. The molecule has 2 heterocycles. The van der Waals surface area contributed by atoms with E-state index in [1.807, 2.05) is 18.5 Å². The molecule has 0 radical (unpaired) electrons. The van der Waals surface area contributed by atoms with Crippen molar-refractivity contribution in [3.05, 3.63) is 35.4 Å². The van der Waals surface area contributed by atoms with Crippen LogP contribution >= 0.6 is 0 Å². The highest BCUT2D eigenvalue weighted by Crippen LogP contribution is 2.12. The molecule has 0 aromatic carbocycles. The number of carboxylic acids is 1. The number of carbonyl (C=O) groups excluding carboxylic acids is 1. The summed E-state index contributed by atoms with van der Waals surface area (Å²) in [7, 11) is 1.69. The fourth-order valence-corrected chi connectivity index (χ4v) is 2.21. The molecule has 8 heteroatoms. The van der Waals surface area contributed by atoms with Gasteiger partial charge in [-0.15, -0.1) is 0 Å². The van der Waals surface area contributed by atoms with Crippen LogP contribution in [-0.4, -0.2) is 48.5 Å². The zero-order chi connectivity index (χ0) is 16.3. The van der Waals surface area contributed by atoms with Gasteiger partial charge in [0.05, 0.1) is 18.0 Å². The van der Waals surface area contributed by atoms with E-state index in [9.17, 15) is 9.59 Å². The molecule has 0 unspecified atom stereocenters. The Hall–Kier alpha value is -2.64. The second-order valence-corrected chi connectivity index (χ2v) is 5.05. The lowest BCUT2D eigenvalue weighted by Gasteiger charge is -2.16. The lowest BCUT2D eigenvalue weighted by Crippen LogP contribution is -2.26. The molecule has 0 aliphatic rings. The smallest absolute Gasteiger partial charge is 0.325 e. The predicted octanol–water partition coefficient (Wildman–Crippen LogP) is 0.765. The van der Waals surface area contributed by atoms with Crippen molar-refractivity contribution in [2.45, 2.75) is 33.5 Å². The van der Waals surface area contributed by atoms with E-state index < -0.39 is 5.97 Å². The summed E-state index contributed by atoms with van der Waals surface area (Å²) in [5, 5.41) is 16.8. The minimum absolute atomic E-state index is 0.208. The Balaban J connectivity index is 2.06. The lowest BCUT2D eigenvalue weighted by atomic mass is 10.2. The number of nitrogens with zero attached hydrogens (tertiary/aromatic N) is 5. The maximum absolute atomic E-state index is 12.3. The summed E-state index contributed by atoms with van der Waals surface area (Å²) >= 11 is 0. The van der Waals surface area contributed by atoms with Gasteiger partial charge in [0.2, 0.25) is 0 Å². The average Bonchev–Trinajstić information content (AvgIpc) is 3.05. The first-order valence-corrected chi connectivity index (χ1v) is 6.93. The summed E-state index contributed by atoms with van der Waals surface area (Å²) in [5.74, 6) is -1.21. The number of aryl methyl sites for hydroxylation is 1. The van der Waals surface area contributed by atoms with Crippen LogP contribution in [0.15, 0.2) is 18.6 Å². The summed E-state index contributed by atoms with van der Waals surface area (Å²) in [6.45, 7) is 4.93. The molecular weight excluding hydrogens is 286 g/mol. The van der Waals surface area contributed by atoms with E-state index in [-0.39, 0.29) is 12.5 Å². The largest absolute Gasteiger partial charge is 0.480 e. The van der Waals surface area contributed by atoms with E-state index in [1.165, 1.54) is 17.1 Å². The highest BCUT2D eigenvalue weighted by Gasteiger charge is 2.17. The first-order chi connectivity index (χ1) is 10.4. The van der Waals surface area contributed by atoms with Crippen molar-refractivity contribution < 1.29 is 14.7 Å². The van der Waals surface area contributed by atoms with Crippen LogP contribution in [0.3, 0.4) is 0 Å². The van der Waals surface area contributed by atoms with Crippen molar-refractivity contribution in [1.29, 1.82) is 0 Å². The van der Waals surface area contributed by atoms with Crippen LogP contribution in [0.1, 0.15) is 28.5 Å². The lowest BCUT2D eigenvalue weighted by molar-refractivity contribution is -0.137. The number of rotatable bonds is 6. The van der Waals surface area contributed by atoms with Gasteiger partial charge in [-0.05, 0) is 13.8 Å². The van der Waals surface area contributed by atoms with Crippen LogP contribution in [0, 0.1) is 6.92 Å². The molecular formula is C14H19N5O3. The van der Waals surface area contributed by atoms with Gasteiger partial charge in [0.15, 0.2) is 0 Å². The Morgan fingerprint density at radius 2 is 2.05 bits per heavy atom. The Morgan fingerprint density at radius 3 is 2.64 bits per heavy atom. The van der Waals surface area contributed by atoms with Crippen molar-refractivity contribution in [3.63, 3.8) is 0 Å². The van der Waals surface area contributed by atoms with Gasteiger partial charge in [0, 0.05) is 37.6 Å². The van der Waals surface area contributed by atoms with Gasteiger partial charge >= 0.3 is 5.97 Å². The van der Waals surface area contributed by atoms with Crippen LogP contribution in [0.4, 0.5) is 0 Å². The van der Waals surface area contributed by atoms with Crippen molar-refractivity contribution in [1.82, 2.24) is 24.5 Å². The van der Waals surface area contributed by atoms with Gasteiger partial charge in [-0.25, -0.2) is 0 Å². The number of hydrogen-bond acceptors (Lipinski definition) is 4. The molecule has 8 nitrogen and oxygen atoms in total. The fraction of sp³-hybridized carbons (Fsp3) is 0.429. The first kappa shape index (κ1) is 15.7. The Kier molecular flexibility index (Phi) is 4.59. The highest BCUT2D eigenvalue weighted by atomic mass is 16.4. The number of aromatic nitrogens is 4. The molecule has 0 aliphatic heterocycles. The fourth-order valence-electron chi connectivity index (χ4n) is 2.21. The van der Waals surface area contributed by atoms with Crippen molar-refractivity contribution >= 4 is 11.9 Å². The van der Waals surface area contributed by atoms with E-state index >= 15 is 0 Å². The standard InChI is InChI=1S/C14H19N5O3/c1-4-19-10(2)11(5-16-19)7-17(3)14(22)12-6-15-18(8-12)9-13(20)21/h5-6,8H,4,7,9H2,1-3H3,(H,20,21). The predicted molar refractivity (Wildman–Crippen MR) is 78.3 cm³/mol. The Morgan fingerprint density at radius 1 is 1.32 bits per heavy atom. The Bertz CT molecular complexity index is 688. The van der Waals surface area contributed by atoms with Crippen LogP contribution in [0.25, 0.3) is 0 Å². The third-order valence-electron chi connectivity index (χ3n) is 3.44. The van der Waals surface area contributed by atoms with Crippen LogP contribution in [0.5, 0.6) is 0 Å². The minimum Gasteiger partial charge on any atom is -0.480 e. The molecule has 0 saturated heterocycles. The van der Waals surface area contributed by atoms with E-state index in [0.717, 1.165) is 17.8 Å². The van der Waals surface area contributed by atoms with Crippen LogP contribution in [0.2, 0.25) is 0 Å². The molecule has 1 amide bonds.